The number of aliphatic hydroxyl groups excluding tert-OH is 1. The first kappa shape index (κ1) is 14.4. The van der Waals surface area contributed by atoms with Gasteiger partial charge in [-0.3, -0.25) is 14.9 Å². The molecule has 0 heterocycles. The van der Waals surface area contributed by atoms with Crippen LogP contribution in [-0.4, -0.2) is 40.5 Å². The summed E-state index contributed by atoms with van der Waals surface area (Å²) in [5, 5.41) is 19.8. The first-order valence-electron chi connectivity index (χ1n) is 6.25. The smallest absolute Gasteiger partial charge is 0.273 e. The van der Waals surface area contributed by atoms with Crippen LogP contribution >= 0.6 is 0 Å². The Balaban J connectivity index is 2.09. The standard InChI is InChI=1S/C13H15FN2O4/c1-15(7-8-2-12(17)3-8)13(18)9-4-10(14)6-11(5-9)16(19)20/h4-6,8,12,17H,2-3,7H2,1H3. The molecular formula is C13H15FN2O4. The Morgan fingerprint density at radius 1 is 1.50 bits per heavy atom. The van der Waals surface area contributed by atoms with Gasteiger partial charge in [-0.25, -0.2) is 4.39 Å². The molecule has 1 aliphatic carbocycles. The number of nitrogens with zero attached hydrogens (tertiary/aromatic N) is 2. The minimum atomic E-state index is -0.810. The predicted molar refractivity (Wildman–Crippen MR) is 68.7 cm³/mol. The number of rotatable bonds is 4. The molecule has 108 valence electrons. The average molecular weight is 282 g/mol. The van der Waals surface area contributed by atoms with Gasteiger partial charge in [0.1, 0.15) is 5.82 Å². The van der Waals surface area contributed by atoms with Gasteiger partial charge in [-0.05, 0) is 24.8 Å². The number of hydrogen-bond donors (Lipinski definition) is 1. The lowest BCUT2D eigenvalue weighted by Crippen LogP contribution is -2.39. The molecule has 0 spiro atoms. The van der Waals surface area contributed by atoms with Crippen molar-refractivity contribution < 1.29 is 19.2 Å². The van der Waals surface area contributed by atoms with Gasteiger partial charge in [0.15, 0.2) is 0 Å². The highest BCUT2D eigenvalue weighted by molar-refractivity contribution is 5.94. The number of nitro benzene ring substituents is 1. The number of amides is 1. The highest BCUT2D eigenvalue weighted by Crippen LogP contribution is 2.28. The van der Waals surface area contributed by atoms with Crippen molar-refractivity contribution in [2.24, 2.45) is 5.92 Å². The van der Waals surface area contributed by atoms with Gasteiger partial charge in [0.25, 0.3) is 11.6 Å². The molecule has 20 heavy (non-hydrogen) atoms. The van der Waals surface area contributed by atoms with E-state index in [2.05, 4.69) is 0 Å². The summed E-state index contributed by atoms with van der Waals surface area (Å²) in [6.07, 6.45) is 0.973. The van der Waals surface area contributed by atoms with Crippen molar-refractivity contribution in [3.8, 4) is 0 Å². The van der Waals surface area contributed by atoms with Crippen molar-refractivity contribution in [1.29, 1.82) is 0 Å². The van der Waals surface area contributed by atoms with Crippen molar-refractivity contribution >= 4 is 11.6 Å². The average Bonchev–Trinajstić information content (AvgIpc) is 2.35. The SMILES string of the molecule is CN(CC1CC(O)C1)C(=O)c1cc(F)cc([N+](=O)[O-])c1. The first-order chi connectivity index (χ1) is 9.36. The molecule has 1 N–H and O–H groups in total. The van der Waals surface area contributed by atoms with Crippen LogP contribution in [0.2, 0.25) is 0 Å². The molecule has 1 aromatic rings. The molecule has 0 aromatic heterocycles. The van der Waals surface area contributed by atoms with Crippen LogP contribution in [0.25, 0.3) is 0 Å². The van der Waals surface area contributed by atoms with Crippen LogP contribution in [0.4, 0.5) is 10.1 Å². The summed E-state index contributed by atoms with van der Waals surface area (Å²) in [4.78, 5) is 23.4. The molecule has 0 aliphatic heterocycles. The number of carbonyl (C=O) groups is 1. The van der Waals surface area contributed by atoms with E-state index in [4.69, 9.17) is 0 Å². The van der Waals surface area contributed by atoms with Crippen molar-refractivity contribution in [2.45, 2.75) is 18.9 Å². The van der Waals surface area contributed by atoms with Crippen LogP contribution in [-0.2, 0) is 0 Å². The van der Waals surface area contributed by atoms with E-state index in [0.717, 1.165) is 18.2 Å². The Labute approximate surface area is 115 Å². The number of hydrogen-bond acceptors (Lipinski definition) is 4. The number of nitro groups is 1. The molecule has 1 fully saturated rings. The third-order valence-electron chi connectivity index (χ3n) is 3.43. The molecule has 0 unspecified atom stereocenters. The monoisotopic (exact) mass is 282 g/mol. The largest absolute Gasteiger partial charge is 0.393 e. The molecule has 7 heteroatoms. The zero-order chi connectivity index (χ0) is 14.9. The zero-order valence-electron chi connectivity index (χ0n) is 11.0. The lowest BCUT2D eigenvalue weighted by Gasteiger charge is -2.34. The molecule has 0 radical (unpaired) electrons. The van der Waals surface area contributed by atoms with Gasteiger partial charge >= 0.3 is 0 Å². The minimum Gasteiger partial charge on any atom is -0.393 e. The summed E-state index contributed by atoms with van der Waals surface area (Å²) in [5.74, 6) is -1.05. The maximum atomic E-state index is 13.3. The van der Waals surface area contributed by atoms with E-state index in [1.807, 2.05) is 0 Å². The maximum Gasteiger partial charge on any atom is 0.273 e. The summed E-state index contributed by atoms with van der Waals surface area (Å²) < 4.78 is 13.3. The Kier molecular flexibility index (Phi) is 3.99. The van der Waals surface area contributed by atoms with Gasteiger partial charge in [-0.1, -0.05) is 0 Å². The van der Waals surface area contributed by atoms with E-state index in [9.17, 15) is 24.4 Å². The van der Waals surface area contributed by atoms with Crippen LogP contribution in [0.15, 0.2) is 18.2 Å². The van der Waals surface area contributed by atoms with Crippen LogP contribution in [0.3, 0.4) is 0 Å². The summed E-state index contributed by atoms with van der Waals surface area (Å²) >= 11 is 0. The lowest BCUT2D eigenvalue weighted by molar-refractivity contribution is -0.385. The second kappa shape index (κ2) is 5.54. The predicted octanol–water partition coefficient (Wildman–Crippen LogP) is 1.58. The van der Waals surface area contributed by atoms with Gasteiger partial charge < -0.3 is 10.0 Å². The highest BCUT2D eigenvalue weighted by atomic mass is 19.1. The van der Waals surface area contributed by atoms with Gasteiger partial charge in [-0.15, -0.1) is 0 Å². The van der Waals surface area contributed by atoms with Gasteiger partial charge in [0, 0.05) is 25.2 Å². The van der Waals surface area contributed by atoms with Gasteiger partial charge in [0.05, 0.1) is 17.1 Å². The molecule has 2 rings (SSSR count). The van der Waals surface area contributed by atoms with Crippen LogP contribution in [0.1, 0.15) is 23.2 Å². The third kappa shape index (κ3) is 3.11. The fourth-order valence-corrected chi connectivity index (χ4v) is 2.34. The van der Waals surface area contributed by atoms with Crippen LogP contribution in [0, 0.1) is 21.8 Å². The quantitative estimate of drug-likeness (QED) is 0.671. The molecule has 6 nitrogen and oxygen atoms in total. The number of benzene rings is 1. The Hall–Kier alpha value is -2.02. The minimum absolute atomic E-state index is 0.0425. The van der Waals surface area contributed by atoms with Crippen molar-refractivity contribution in [1.82, 2.24) is 4.90 Å². The summed E-state index contributed by atoms with van der Waals surface area (Å²) in [6.45, 7) is 0.445. The Morgan fingerprint density at radius 2 is 2.15 bits per heavy atom. The fourth-order valence-electron chi connectivity index (χ4n) is 2.34. The Bertz CT molecular complexity index is 543. The molecule has 0 atom stereocenters. The Morgan fingerprint density at radius 3 is 2.70 bits per heavy atom. The van der Waals surface area contributed by atoms with Gasteiger partial charge in [0.2, 0.25) is 0 Å². The second-order valence-corrected chi connectivity index (χ2v) is 5.13. The normalized spacial score (nSPS) is 21.1. The van der Waals surface area contributed by atoms with E-state index in [0.29, 0.717) is 19.4 Å². The second-order valence-electron chi connectivity index (χ2n) is 5.13. The summed E-state index contributed by atoms with van der Waals surface area (Å²) in [7, 11) is 1.56. The topological polar surface area (TPSA) is 83.7 Å². The molecule has 1 aromatic carbocycles. The maximum absolute atomic E-state index is 13.3. The lowest BCUT2D eigenvalue weighted by atomic mass is 9.82. The molecule has 1 amide bonds. The van der Waals surface area contributed by atoms with E-state index < -0.39 is 22.3 Å². The molecule has 0 saturated heterocycles. The first-order valence-corrected chi connectivity index (χ1v) is 6.25. The van der Waals surface area contributed by atoms with Gasteiger partial charge in [-0.2, -0.15) is 0 Å². The van der Waals surface area contributed by atoms with E-state index >= 15 is 0 Å². The number of carbonyl (C=O) groups excluding carboxylic acids is 1. The molecule has 0 bridgehead atoms. The molecular weight excluding hydrogens is 267 g/mol. The number of aliphatic hydroxyl groups is 1. The summed E-state index contributed by atoms with van der Waals surface area (Å²) in [6, 6.07) is 2.83. The zero-order valence-corrected chi connectivity index (χ0v) is 11.0. The van der Waals surface area contributed by atoms with Crippen LogP contribution < -0.4 is 0 Å². The van der Waals surface area contributed by atoms with Crippen molar-refractivity contribution in [2.75, 3.05) is 13.6 Å². The fraction of sp³-hybridized carbons (Fsp3) is 0.462. The van der Waals surface area contributed by atoms with E-state index in [1.165, 1.54) is 4.90 Å². The van der Waals surface area contributed by atoms with Crippen molar-refractivity contribution in [3.05, 3.63) is 39.7 Å². The number of non-ortho nitro benzene ring substituents is 1. The number of halogens is 1. The highest BCUT2D eigenvalue weighted by Gasteiger charge is 2.29. The molecule has 1 aliphatic rings. The van der Waals surface area contributed by atoms with E-state index in [1.54, 1.807) is 7.05 Å². The van der Waals surface area contributed by atoms with Crippen molar-refractivity contribution in [3.63, 3.8) is 0 Å². The third-order valence-corrected chi connectivity index (χ3v) is 3.43. The van der Waals surface area contributed by atoms with Crippen LogP contribution in [0.5, 0.6) is 0 Å². The van der Waals surface area contributed by atoms with E-state index in [-0.39, 0.29) is 17.6 Å². The summed E-state index contributed by atoms with van der Waals surface area (Å²) in [5.41, 5.74) is -0.486. The molecule has 1 saturated carbocycles.